The van der Waals surface area contributed by atoms with Crippen molar-refractivity contribution in [1.82, 2.24) is 15.3 Å². The lowest BCUT2D eigenvalue weighted by Crippen LogP contribution is -2.28. The van der Waals surface area contributed by atoms with Crippen molar-refractivity contribution in [2.75, 3.05) is 13.4 Å². The van der Waals surface area contributed by atoms with Gasteiger partial charge in [-0.15, -0.1) is 11.8 Å². The lowest BCUT2D eigenvalue weighted by molar-refractivity contribution is 0.0674. The standard InChI is InChI=1S/C24H25N3O5S/c1-12-8-19(33-5)17(23(28)27-12)11-26-24(29)21-13(2)22-18(31-14(3)32-22)9-16(21)15-6-7-20(30-4)25-10-15/h6-10,14H,11H2,1-5H3,(H,26,29)(H,27,28). The van der Waals surface area contributed by atoms with Crippen molar-refractivity contribution in [3.8, 4) is 28.5 Å². The normalized spacial score (nSPS) is 14.3. The highest BCUT2D eigenvalue weighted by atomic mass is 32.2. The van der Waals surface area contributed by atoms with Gasteiger partial charge in [0.25, 0.3) is 11.5 Å². The number of aryl methyl sites for hydroxylation is 1. The molecule has 1 amide bonds. The molecular weight excluding hydrogens is 442 g/mol. The zero-order chi connectivity index (χ0) is 23.7. The van der Waals surface area contributed by atoms with Gasteiger partial charge in [-0.2, -0.15) is 0 Å². The van der Waals surface area contributed by atoms with E-state index in [9.17, 15) is 9.59 Å². The fraction of sp³-hybridized carbons (Fsp3) is 0.292. The molecule has 0 bridgehead atoms. The molecule has 172 valence electrons. The molecular formula is C24H25N3O5S. The SMILES string of the molecule is COc1ccc(-c2cc3c(c(C)c2C(=O)NCc2c(SC)cc(C)[nH]c2=O)OC(C)O3)cn1. The molecule has 0 saturated carbocycles. The Kier molecular flexibility index (Phi) is 6.33. The Morgan fingerprint density at radius 1 is 1.27 bits per heavy atom. The fourth-order valence-corrected chi connectivity index (χ4v) is 4.55. The number of nitrogens with zero attached hydrogens (tertiary/aromatic N) is 1. The molecule has 1 unspecified atom stereocenters. The third-order valence-corrected chi connectivity index (χ3v) is 6.22. The quantitative estimate of drug-likeness (QED) is 0.531. The number of hydrogen-bond donors (Lipinski definition) is 2. The maximum absolute atomic E-state index is 13.4. The van der Waals surface area contributed by atoms with Crippen LogP contribution in [-0.2, 0) is 6.54 Å². The number of nitrogens with one attached hydrogen (secondary N) is 2. The first kappa shape index (κ1) is 22.7. The van der Waals surface area contributed by atoms with Crippen LogP contribution in [-0.4, -0.2) is 35.5 Å². The van der Waals surface area contributed by atoms with Crippen LogP contribution in [0, 0.1) is 13.8 Å². The van der Waals surface area contributed by atoms with Crippen molar-refractivity contribution in [2.24, 2.45) is 0 Å². The highest BCUT2D eigenvalue weighted by molar-refractivity contribution is 7.98. The average Bonchev–Trinajstić information content (AvgIpc) is 3.18. The lowest BCUT2D eigenvalue weighted by Gasteiger charge is -2.16. The molecule has 0 aliphatic carbocycles. The number of hydrogen-bond acceptors (Lipinski definition) is 7. The van der Waals surface area contributed by atoms with E-state index in [-0.39, 0.29) is 18.0 Å². The van der Waals surface area contributed by atoms with Gasteiger partial charge in [-0.05, 0) is 38.3 Å². The van der Waals surface area contributed by atoms with E-state index in [2.05, 4.69) is 15.3 Å². The fourth-order valence-electron chi connectivity index (χ4n) is 3.85. The molecule has 1 atom stereocenters. The van der Waals surface area contributed by atoms with Crippen LogP contribution < -0.4 is 25.1 Å². The number of carbonyl (C=O) groups excluding carboxylic acids is 1. The van der Waals surface area contributed by atoms with Gasteiger partial charge in [-0.25, -0.2) is 4.98 Å². The van der Waals surface area contributed by atoms with Gasteiger partial charge in [-0.3, -0.25) is 9.59 Å². The molecule has 0 saturated heterocycles. The van der Waals surface area contributed by atoms with Crippen molar-refractivity contribution in [1.29, 1.82) is 0 Å². The molecule has 1 aliphatic rings. The second-order valence-corrected chi connectivity index (χ2v) is 8.50. The van der Waals surface area contributed by atoms with Crippen molar-refractivity contribution < 1.29 is 19.0 Å². The summed E-state index contributed by atoms with van der Waals surface area (Å²) < 4.78 is 16.7. The van der Waals surface area contributed by atoms with E-state index in [1.807, 2.05) is 32.2 Å². The number of rotatable bonds is 6. The molecule has 8 nitrogen and oxygen atoms in total. The van der Waals surface area contributed by atoms with Crippen molar-refractivity contribution in [2.45, 2.75) is 38.5 Å². The minimum atomic E-state index is -0.450. The first-order valence-corrected chi connectivity index (χ1v) is 11.6. The highest BCUT2D eigenvalue weighted by Crippen LogP contribution is 2.44. The number of fused-ring (bicyclic) bond motifs is 1. The second kappa shape index (κ2) is 9.19. The molecule has 3 heterocycles. The Morgan fingerprint density at radius 2 is 2.06 bits per heavy atom. The van der Waals surface area contributed by atoms with Gasteiger partial charge in [0, 0.05) is 58.6 Å². The summed E-state index contributed by atoms with van der Waals surface area (Å²) in [5.74, 6) is 1.26. The van der Waals surface area contributed by atoms with Crippen LogP contribution in [0.4, 0.5) is 0 Å². The zero-order valence-electron chi connectivity index (χ0n) is 19.1. The molecule has 2 N–H and O–H groups in total. The summed E-state index contributed by atoms with van der Waals surface area (Å²) >= 11 is 1.47. The molecule has 4 rings (SSSR count). The Labute approximate surface area is 195 Å². The minimum absolute atomic E-state index is 0.0925. The molecule has 2 aromatic heterocycles. The number of benzene rings is 1. The summed E-state index contributed by atoms with van der Waals surface area (Å²) in [5, 5.41) is 2.91. The van der Waals surface area contributed by atoms with Gasteiger partial charge < -0.3 is 24.5 Å². The minimum Gasteiger partial charge on any atom is -0.481 e. The summed E-state index contributed by atoms with van der Waals surface area (Å²) in [4.78, 5) is 33.8. The Bertz CT molecular complexity index is 1270. The Morgan fingerprint density at radius 3 is 2.73 bits per heavy atom. The number of amides is 1. The van der Waals surface area contributed by atoms with E-state index in [1.165, 1.54) is 11.8 Å². The van der Waals surface area contributed by atoms with Crippen LogP contribution in [0.5, 0.6) is 17.4 Å². The first-order chi connectivity index (χ1) is 15.8. The monoisotopic (exact) mass is 467 g/mol. The summed E-state index contributed by atoms with van der Waals surface area (Å²) in [5.41, 5.74) is 3.55. The van der Waals surface area contributed by atoms with Crippen molar-refractivity contribution in [3.63, 3.8) is 0 Å². The van der Waals surface area contributed by atoms with Crippen LogP contribution in [0.1, 0.15) is 34.1 Å². The van der Waals surface area contributed by atoms with E-state index in [1.54, 1.807) is 32.4 Å². The summed E-state index contributed by atoms with van der Waals surface area (Å²) in [6.07, 6.45) is 3.10. The topological polar surface area (TPSA) is 103 Å². The highest BCUT2D eigenvalue weighted by Gasteiger charge is 2.29. The van der Waals surface area contributed by atoms with Crippen LogP contribution in [0.3, 0.4) is 0 Å². The molecule has 1 aromatic carbocycles. The summed E-state index contributed by atoms with van der Waals surface area (Å²) in [6, 6.07) is 7.25. The number of pyridine rings is 2. The van der Waals surface area contributed by atoms with E-state index >= 15 is 0 Å². The van der Waals surface area contributed by atoms with E-state index in [0.717, 1.165) is 16.2 Å². The van der Waals surface area contributed by atoms with Gasteiger partial charge in [0.15, 0.2) is 11.5 Å². The average molecular weight is 468 g/mol. The van der Waals surface area contributed by atoms with Crippen LogP contribution >= 0.6 is 11.8 Å². The van der Waals surface area contributed by atoms with Gasteiger partial charge in [0.2, 0.25) is 12.2 Å². The second-order valence-electron chi connectivity index (χ2n) is 7.66. The van der Waals surface area contributed by atoms with Crippen LogP contribution in [0.15, 0.2) is 40.2 Å². The predicted octanol–water partition coefficient (Wildman–Crippen LogP) is 3.83. The molecule has 33 heavy (non-hydrogen) atoms. The Balaban J connectivity index is 1.74. The third kappa shape index (κ3) is 4.41. The first-order valence-electron chi connectivity index (χ1n) is 10.4. The van der Waals surface area contributed by atoms with E-state index in [4.69, 9.17) is 14.2 Å². The van der Waals surface area contributed by atoms with Crippen molar-refractivity contribution >= 4 is 17.7 Å². The van der Waals surface area contributed by atoms with E-state index in [0.29, 0.717) is 39.6 Å². The number of aromatic nitrogens is 2. The number of aromatic amines is 1. The third-order valence-electron chi connectivity index (χ3n) is 5.42. The number of carbonyl (C=O) groups is 1. The number of ether oxygens (including phenoxy) is 3. The molecule has 3 aromatic rings. The van der Waals surface area contributed by atoms with Crippen molar-refractivity contribution in [3.05, 3.63) is 63.2 Å². The number of thioether (sulfide) groups is 1. The zero-order valence-corrected chi connectivity index (χ0v) is 19.9. The van der Waals surface area contributed by atoms with Crippen LogP contribution in [0.25, 0.3) is 11.1 Å². The summed E-state index contributed by atoms with van der Waals surface area (Å²) in [7, 11) is 1.54. The predicted molar refractivity (Wildman–Crippen MR) is 126 cm³/mol. The Hall–Kier alpha value is -3.46. The number of H-pyrrole nitrogens is 1. The van der Waals surface area contributed by atoms with Gasteiger partial charge in [0.1, 0.15) is 0 Å². The smallest absolute Gasteiger partial charge is 0.254 e. The van der Waals surface area contributed by atoms with Gasteiger partial charge in [0.05, 0.1) is 12.7 Å². The van der Waals surface area contributed by atoms with E-state index < -0.39 is 6.29 Å². The molecule has 0 radical (unpaired) electrons. The molecule has 9 heteroatoms. The van der Waals surface area contributed by atoms with Gasteiger partial charge >= 0.3 is 0 Å². The summed E-state index contributed by atoms with van der Waals surface area (Å²) in [6.45, 7) is 5.54. The molecule has 0 spiro atoms. The lowest BCUT2D eigenvalue weighted by atomic mass is 9.95. The molecule has 0 fully saturated rings. The maximum atomic E-state index is 13.4. The molecule has 1 aliphatic heterocycles. The van der Waals surface area contributed by atoms with Crippen LogP contribution in [0.2, 0.25) is 0 Å². The number of methoxy groups -OCH3 is 1. The van der Waals surface area contributed by atoms with Gasteiger partial charge in [-0.1, -0.05) is 0 Å². The largest absolute Gasteiger partial charge is 0.481 e. The maximum Gasteiger partial charge on any atom is 0.254 e.